The van der Waals surface area contributed by atoms with Gasteiger partial charge in [-0.05, 0) is 6.42 Å². The van der Waals surface area contributed by atoms with E-state index in [-0.39, 0.29) is 18.9 Å². The van der Waals surface area contributed by atoms with Gasteiger partial charge in [-0.1, -0.05) is 46.5 Å². The predicted octanol–water partition coefficient (Wildman–Crippen LogP) is 0.372. The normalized spacial score (nSPS) is 13.8. The zero-order valence-electron chi connectivity index (χ0n) is 14.5. The molecule has 7 nitrogen and oxygen atoms in total. The summed E-state index contributed by atoms with van der Waals surface area (Å²) in [5, 5.41) is 21.3. The van der Waals surface area contributed by atoms with Crippen molar-refractivity contribution in [2.75, 3.05) is 25.4 Å². The summed E-state index contributed by atoms with van der Waals surface area (Å²) in [4.78, 5) is 11.7. The van der Waals surface area contributed by atoms with Gasteiger partial charge in [-0.3, -0.25) is 4.79 Å². The zero-order valence-corrected chi connectivity index (χ0v) is 15.3. The highest BCUT2D eigenvalue weighted by Gasteiger charge is 2.32. The van der Waals surface area contributed by atoms with Crippen molar-refractivity contribution in [3.63, 3.8) is 0 Å². The van der Waals surface area contributed by atoms with Crippen LogP contribution in [0.3, 0.4) is 0 Å². The molecule has 8 heteroatoms. The van der Waals surface area contributed by atoms with Gasteiger partial charge in [-0.15, -0.1) is 0 Å². The van der Waals surface area contributed by atoms with Crippen LogP contribution in [0.5, 0.6) is 0 Å². The fourth-order valence-corrected chi connectivity index (χ4v) is 2.85. The number of carbonyl (C=O) groups is 1. The molecule has 0 radical (unpaired) electrons. The van der Waals surface area contributed by atoms with Crippen LogP contribution in [0.25, 0.3) is 0 Å². The SMILES string of the molecule is CCCCCCCNS(=O)(=O)CCNC(=O)[C@H](O)C(C)(C)CO. The number of hydrogen-bond acceptors (Lipinski definition) is 5. The summed E-state index contributed by atoms with van der Waals surface area (Å²) in [6.45, 7) is 5.19. The Hall–Kier alpha value is -0.700. The Morgan fingerprint density at radius 2 is 1.74 bits per heavy atom. The van der Waals surface area contributed by atoms with E-state index in [9.17, 15) is 18.3 Å². The second-order valence-corrected chi connectivity index (χ2v) is 8.39. The minimum Gasteiger partial charge on any atom is -0.396 e. The van der Waals surface area contributed by atoms with Crippen LogP contribution in [0.1, 0.15) is 52.9 Å². The predicted molar refractivity (Wildman–Crippen MR) is 90.4 cm³/mol. The number of amides is 1. The Morgan fingerprint density at radius 3 is 2.30 bits per heavy atom. The van der Waals surface area contributed by atoms with Crippen LogP contribution in [-0.2, 0) is 14.8 Å². The average molecular weight is 352 g/mol. The van der Waals surface area contributed by atoms with E-state index in [1.807, 2.05) is 0 Å². The molecule has 0 spiro atoms. The molecule has 0 aromatic carbocycles. The molecule has 0 fully saturated rings. The lowest BCUT2D eigenvalue weighted by Gasteiger charge is -2.27. The lowest BCUT2D eigenvalue weighted by atomic mass is 9.87. The van der Waals surface area contributed by atoms with E-state index < -0.39 is 27.4 Å². The first-order chi connectivity index (χ1) is 10.7. The summed E-state index contributed by atoms with van der Waals surface area (Å²) >= 11 is 0. The van der Waals surface area contributed by atoms with E-state index in [2.05, 4.69) is 17.0 Å². The fraction of sp³-hybridized carbons (Fsp3) is 0.933. The topological polar surface area (TPSA) is 116 Å². The molecule has 1 amide bonds. The first kappa shape index (κ1) is 22.3. The molecule has 0 saturated heterocycles. The lowest BCUT2D eigenvalue weighted by Crippen LogP contribution is -2.47. The van der Waals surface area contributed by atoms with E-state index in [1.54, 1.807) is 13.8 Å². The molecule has 0 rings (SSSR count). The van der Waals surface area contributed by atoms with Crippen molar-refractivity contribution < 1.29 is 23.4 Å². The highest BCUT2D eigenvalue weighted by atomic mass is 32.2. The van der Waals surface area contributed by atoms with Crippen LogP contribution in [0.4, 0.5) is 0 Å². The maximum absolute atomic E-state index is 11.8. The number of hydrogen-bond donors (Lipinski definition) is 4. The van der Waals surface area contributed by atoms with Crippen molar-refractivity contribution in [2.24, 2.45) is 5.41 Å². The van der Waals surface area contributed by atoms with Gasteiger partial charge < -0.3 is 15.5 Å². The van der Waals surface area contributed by atoms with Crippen LogP contribution < -0.4 is 10.0 Å². The molecular weight excluding hydrogens is 320 g/mol. The maximum atomic E-state index is 11.8. The number of unbranched alkanes of at least 4 members (excludes halogenated alkanes) is 4. The molecule has 1 atom stereocenters. The van der Waals surface area contributed by atoms with E-state index >= 15 is 0 Å². The lowest BCUT2D eigenvalue weighted by molar-refractivity contribution is -0.136. The molecule has 0 saturated carbocycles. The Kier molecular flexibility index (Phi) is 10.6. The van der Waals surface area contributed by atoms with Gasteiger partial charge in [0.15, 0.2) is 0 Å². The molecule has 4 N–H and O–H groups in total. The highest BCUT2D eigenvalue weighted by molar-refractivity contribution is 7.89. The molecule has 0 aliphatic rings. The van der Waals surface area contributed by atoms with E-state index in [4.69, 9.17) is 5.11 Å². The molecule has 0 unspecified atom stereocenters. The van der Waals surface area contributed by atoms with Crippen LogP contribution in [-0.4, -0.2) is 56.1 Å². The van der Waals surface area contributed by atoms with Crippen molar-refractivity contribution in [1.82, 2.24) is 10.0 Å². The number of aliphatic hydroxyl groups excluding tert-OH is 2. The van der Waals surface area contributed by atoms with E-state index in [0.29, 0.717) is 6.54 Å². The molecule has 0 bridgehead atoms. The molecule has 0 aliphatic carbocycles. The smallest absolute Gasteiger partial charge is 0.249 e. The van der Waals surface area contributed by atoms with Crippen LogP contribution in [0.15, 0.2) is 0 Å². The number of nitrogens with one attached hydrogen (secondary N) is 2. The Morgan fingerprint density at radius 1 is 1.13 bits per heavy atom. The van der Waals surface area contributed by atoms with Crippen molar-refractivity contribution in [2.45, 2.75) is 59.0 Å². The quantitative estimate of drug-likeness (QED) is 0.358. The average Bonchev–Trinajstić information content (AvgIpc) is 2.49. The van der Waals surface area contributed by atoms with Gasteiger partial charge in [0, 0.05) is 18.5 Å². The van der Waals surface area contributed by atoms with Gasteiger partial charge >= 0.3 is 0 Å². The van der Waals surface area contributed by atoms with Gasteiger partial charge in [0.05, 0.1) is 12.4 Å². The van der Waals surface area contributed by atoms with Gasteiger partial charge in [0.1, 0.15) is 6.10 Å². The van der Waals surface area contributed by atoms with E-state index in [1.165, 1.54) is 0 Å². The molecule has 0 heterocycles. The third-order valence-electron chi connectivity index (χ3n) is 3.67. The Labute approximate surface area is 139 Å². The number of aliphatic hydroxyl groups is 2. The van der Waals surface area contributed by atoms with Crippen molar-refractivity contribution in [1.29, 1.82) is 0 Å². The zero-order chi connectivity index (χ0) is 17.9. The van der Waals surface area contributed by atoms with Gasteiger partial charge in [-0.25, -0.2) is 13.1 Å². The molecule has 0 aliphatic heterocycles. The molecule has 0 aromatic heterocycles. The third-order valence-corrected chi connectivity index (χ3v) is 5.05. The number of carbonyl (C=O) groups excluding carboxylic acids is 1. The third kappa shape index (κ3) is 9.91. The minimum atomic E-state index is -3.43. The highest BCUT2D eigenvalue weighted by Crippen LogP contribution is 2.19. The van der Waals surface area contributed by atoms with Gasteiger partial charge in [-0.2, -0.15) is 0 Å². The molecule has 0 aromatic rings. The summed E-state index contributed by atoms with van der Waals surface area (Å²) in [5.41, 5.74) is -0.973. The summed E-state index contributed by atoms with van der Waals surface area (Å²) in [6, 6.07) is 0. The Bertz CT molecular complexity index is 437. The van der Waals surface area contributed by atoms with E-state index in [0.717, 1.165) is 32.1 Å². The first-order valence-corrected chi connectivity index (χ1v) is 9.85. The van der Waals surface area contributed by atoms with Crippen LogP contribution in [0, 0.1) is 5.41 Å². The summed E-state index contributed by atoms with van der Waals surface area (Å²) in [7, 11) is -3.43. The second-order valence-electron chi connectivity index (χ2n) is 6.47. The van der Waals surface area contributed by atoms with Crippen molar-refractivity contribution >= 4 is 15.9 Å². The summed E-state index contributed by atoms with van der Waals surface area (Å²) in [5.74, 6) is -0.918. The first-order valence-electron chi connectivity index (χ1n) is 8.20. The van der Waals surface area contributed by atoms with Crippen molar-refractivity contribution in [3.8, 4) is 0 Å². The van der Waals surface area contributed by atoms with Crippen molar-refractivity contribution in [3.05, 3.63) is 0 Å². The van der Waals surface area contributed by atoms with Gasteiger partial charge in [0.2, 0.25) is 15.9 Å². The fourth-order valence-electron chi connectivity index (χ4n) is 1.88. The Balaban J connectivity index is 3.99. The van der Waals surface area contributed by atoms with Gasteiger partial charge in [0.25, 0.3) is 0 Å². The van der Waals surface area contributed by atoms with Crippen LogP contribution >= 0.6 is 0 Å². The standard InChI is InChI=1S/C15H32N2O5S/c1-4-5-6-7-8-9-17-23(21,22)11-10-16-14(20)13(19)15(2,3)12-18/h13,17-19H,4-12H2,1-3H3,(H,16,20)/t13-/m0/s1. The maximum Gasteiger partial charge on any atom is 0.249 e. The van der Waals surface area contributed by atoms with Crippen LogP contribution in [0.2, 0.25) is 0 Å². The molecular formula is C15H32N2O5S. The summed E-state index contributed by atoms with van der Waals surface area (Å²) < 4.78 is 26.0. The minimum absolute atomic E-state index is 0.0808. The number of rotatable bonds is 13. The largest absolute Gasteiger partial charge is 0.396 e. The molecule has 138 valence electrons. The molecule has 23 heavy (non-hydrogen) atoms. The summed E-state index contributed by atoms with van der Waals surface area (Å²) in [6.07, 6.45) is 3.81. The monoisotopic (exact) mass is 352 g/mol. The second kappa shape index (κ2) is 11.0. The number of sulfonamides is 1.